The number of carbonyl (C=O) groups excluding carboxylic acids is 2. The number of hydrogen-bond donors (Lipinski definition) is 2. The second kappa shape index (κ2) is 5.69. The summed E-state index contributed by atoms with van der Waals surface area (Å²) in [5.74, 6) is 0.400. The number of aromatic nitrogens is 1. The first kappa shape index (κ1) is 13.8. The van der Waals surface area contributed by atoms with Crippen molar-refractivity contribution in [2.75, 3.05) is 30.4 Å². The lowest BCUT2D eigenvalue weighted by atomic mass is 10.0. The van der Waals surface area contributed by atoms with Crippen LogP contribution in [0, 0.1) is 0 Å². The van der Waals surface area contributed by atoms with Crippen molar-refractivity contribution < 1.29 is 14.3 Å². The van der Waals surface area contributed by atoms with Crippen LogP contribution in [-0.4, -0.2) is 43.0 Å². The van der Waals surface area contributed by atoms with E-state index in [0.717, 1.165) is 25.9 Å². The molecule has 0 aliphatic carbocycles. The highest BCUT2D eigenvalue weighted by Crippen LogP contribution is 2.32. The van der Waals surface area contributed by atoms with E-state index in [0.29, 0.717) is 17.4 Å². The normalized spacial score (nSPS) is 19.8. The summed E-state index contributed by atoms with van der Waals surface area (Å²) in [6.07, 6.45) is 1.54. The fourth-order valence-electron chi connectivity index (χ4n) is 2.80. The van der Waals surface area contributed by atoms with Crippen LogP contribution in [0.3, 0.4) is 0 Å². The van der Waals surface area contributed by atoms with E-state index < -0.39 is 0 Å². The molecule has 2 N–H and O–H groups in total. The minimum absolute atomic E-state index is 0.0600. The van der Waals surface area contributed by atoms with Crippen LogP contribution in [0.5, 0.6) is 5.88 Å². The standard InChI is InChI=1S/C14H18N4O3/c1-21-12-3-2-10-14(17-12)18(9-4-6-15-7-5-9)13(20)8-11(19)16-10/h2-3,9,15H,4-8H2,1H3,(H,16,19). The molecule has 3 rings (SSSR count). The molecule has 7 nitrogen and oxygen atoms in total. The minimum Gasteiger partial charge on any atom is -0.481 e. The molecule has 0 radical (unpaired) electrons. The number of anilines is 2. The molecule has 0 atom stereocenters. The number of nitrogens with one attached hydrogen (secondary N) is 2. The van der Waals surface area contributed by atoms with Crippen molar-refractivity contribution in [3.05, 3.63) is 12.1 Å². The number of rotatable bonds is 2. The van der Waals surface area contributed by atoms with Crippen LogP contribution in [0.4, 0.5) is 11.5 Å². The highest BCUT2D eigenvalue weighted by atomic mass is 16.5. The molecule has 21 heavy (non-hydrogen) atoms. The second-order valence-electron chi connectivity index (χ2n) is 5.19. The van der Waals surface area contributed by atoms with Crippen LogP contribution in [0.2, 0.25) is 0 Å². The summed E-state index contributed by atoms with van der Waals surface area (Å²) in [4.78, 5) is 30.3. The molecule has 2 amide bonds. The Morgan fingerprint density at radius 3 is 2.76 bits per heavy atom. The molecule has 0 bridgehead atoms. The summed E-state index contributed by atoms with van der Waals surface area (Å²) in [7, 11) is 1.53. The molecule has 0 saturated carbocycles. The number of fused-ring (bicyclic) bond motifs is 1. The Balaban J connectivity index is 2.04. The van der Waals surface area contributed by atoms with E-state index in [1.54, 1.807) is 17.0 Å². The van der Waals surface area contributed by atoms with Crippen molar-refractivity contribution in [3.63, 3.8) is 0 Å². The van der Waals surface area contributed by atoms with E-state index >= 15 is 0 Å². The molecular formula is C14H18N4O3. The van der Waals surface area contributed by atoms with E-state index in [1.807, 2.05) is 0 Å². The van der Waals surface area contributed by atoms with Crippen LogP contribution in [0.15, 0.2) is 12.1 Å². The highest BCUT2D eigenvalue weighted by molar-refractivity contribution is 6.13. The summed E-state index contributed by atoms with van der Waals surface area (Å²) in [6.45, 7) is 1.71. The number of pyridine rings is 1. The molecule has 1 fully saturated rings. The zero-order valence-electron chi connectivity index (χ0n) is 11.9. The van der Waals surface area contributed by atoms with Crippen molar-refractivity contribution >= 4 is 23.3 Å². The van der Waals surface area contributed by atoms with Crippen molar-refractivity contribution in [3.8, 4) is 5.88 Å². The van der Waals surface area contributed by atoms with Gasteiger partial charge < -0.3 is 15.4 Å². The van der Waals surface area contributed by atoms with Crippen LogP contribution in [0.1, 0.15) is 19.3 Å². The van der Waals surface area contributed by atoms with E-state index in [-0.39, 0.29) is 24.3 Å². The maximum absolute atomic E-state index is 12.5. The quantitative estimate of drug-likeness (QED) is 0.776. The molecule has 1 aromatic heterocycles. The number of ether oxygens (including phenoxy) is 1. The van der Waals surface area contributed by atoms with Gasteiger partial charge in [-0.05, 0) is 32.0 Å². The predicted molar refractivity (Wildman–Crippen MR) is 77.4 cm³/mol. The fraction of sp³-hybridized carbons (Fsp3) is 0.500. The Bertz CT molecular complexity index is 569. The molecule has 0 unspecified atom stereocenters. The average molecular weight is 290 g/mol. The first-order chi connectivity index (χ1) is 10.2. The number of amides is 2. The zero-order valence-corrected chi connectivity index (χ0v) is 11.9. The second-order valence-corrected chi connectivity index (χ2v) is 5.19. The number of carbonyl (C=O) groups is 2. The van der Waals surface area contributed by atoms with E-state index in [4.69, 9.17) is 4.74 Å². The van der Waals surface area contributed by atoms with Gasteiger partial charge in [0.2, 0.25) is 17.7 Å². The SMILES string of the molecule is COc1ccc2c(n1)N(C1CCNCC1)C(=O)CC(=O)N2. The molecule has 3 heterocycles. The summed E-state index contributed by atoms with van der Waals surface area (Å²) < 4.78 is 5.14. The minimum atomic E-state index is -0.301. The van der Waals surface area contributed by atoms with Crippen LogP contribution in [0.25, 0.3) is 0 Å². The number of hydrogen-bond acceptors (Lipinski definition) is 5. The van der Waals surface area contributed by atoms with Crippen molar-refractivity contribution in [1.82, 2.24) is 10.3 Å². The third-order valence-electron chi connectivity index (χ3n) is 3.82. The third-order valence-corrected chi connectivity index (χ3v) is 3.82. The highest BCUT2D eigenvalue weighted by Gasteiger charge is 2.33. The maximum Gasteiger partial charge on any atom is 0.237 e. The molecule has 1 aromatic rings. The smallest absolute Gasteiger partial charge is 0.237 e. The van der Waals surface area contributed by atoms with E-state index in [9.17, 15) is 9.59 Å². The van der Waals surface area contributed by atoms with Gasteiger partial charge in [-0.2, -0.15) is 4.98 Å². The van der Waals surface area contributed by atoms with Gasteiger partial charge >= 0.3 is 0 Å². The van der Waals surface area contributed by atoms with Crippen LogP contribution >= 0.6 is 0 Å². The zero-order chi connectivity index (χ0) is 14.8. The number of piperidine rings is 1. The molecule has 2 aliphatic heterocycles. The molecule has 112 valence electrons. The van der Waals surface area contributed by atoms with E-state index in [2.05, 4.69) is 15.6 Å². The molecule has 7 heteroatoms. The van der Waals surface area contributed by atoms with Crippen molar-refractivity contribution in [2.24, 2.45) is 0 Å². The largest absolute Gasteiger partial charge is 0.481 e. The molecule has 0 spiro atoms. The lowest BCUT2D eigenvalue weighted by molar-refractivity contribution is -0.125. The first-order valence-electron chi connectivity index (χ1n) is 7.06. The Labute approximate surface area is 122 Å². The molecular weight excluding hydrogens is 272 g/mol. The molecule has 0 aromatic carbocycles. The molecule has 1 saturated heterocycles. The summed E-state index contributed by atoms with van der Waals surface area (Å²) in [5.41, 5.74) is 0.560. The van der Waals surface area contributed by atoms with Gasteiger partial charge in [-0.25, -0.2) is 0 Å². The molecule has 2 aliphatic rings. The summed E-state index contributed by atoms with van der Waals surface area (Å²) >= 11 is 0. The van der Waals surface area contributed by atoms with Gasteiger partial charge in [-0.3, -0.25) is 14.5 Å². The monoisotopic (exact) mass is 290 g/mol. The van der Waals surface area contributed by atoms with Gasteiger partial charge in [-0.15, -0.1) is 0 Å². The lowest BCUT2D eigenvalue weighted by Crippen LogP contribution is -2.46. The van der Waals surface area contributed by atoms with Crippen LogP contribution < -0.4 is 20.3 Å². The maximum atomic E-state index is 12.5. The van der Waals surface area contributed by atoms with Crippen molar-refractivity contribution in [1.29, 1.82) is 0 Å². The van der Waals surface area contributed by atoms with E-state index in [1.165, 1.54) is 7.11 Å². The Kier molecular flexibility index (Phi) is 3.74. The van der Waals surface area contributed by atoms with Gasteiger partial charge in [0.05, 0.1) is 12.8 Å². The van der Waals surface area contributed by atoms with Crippen molar-refractivity contribution in [2.45, 2.75) is 25.3 Å². The average Bonchev–Trinajstić information content (AvgIpc) is 2.61. The number of methoxy groups -OCH3 is 1. The first-order valence-corrected chi connectivity index (χ1v) is 7.06. The summed E-state index contributed by atoms with van der Waals surface area (Å²) in [6, 6.07) is 3.46. The predicted octanol–water partition coefficient (Wildman–Crippen LogP) is 0.517. The number of nitrogens with zero attached hydrogens (tertiary/aromatic N) is 2. The lowest BCUT2D eigenvalue weighted by Gasteiger charge is -2.33. The van der Waals surface area contributed by atoms with Gasteiger partial charge in [0.1, 0.15) is 6.42 Å². The topological polar surface area (TPSA) is 83.6 Å². The fourth-order valence-corrected chi connectivity index (χ4v) is 2.80. The third kappa shape index (κ3) is 2.69. The van der Waals surface area contributed by atoms with Crippen LogP contribution in [-0.2, 0) is 9.59 Å². The van der Waals surface area contributed by atoms with Gasteiger partial charge in [0.25, 0.3) is 0 Å². The van der Waals surface area contributed by atoms with Gasteiger partial charge in [0.15, 0.2) is 5.82 Å². The Morgan fingerprint density at radius 2 is 2.05 bits per heavy atom. The van der Waals surface area contributed by atoms with Gasteiger partial charge in [0, 0.05) is 12.1 Å². The van der Waals surface area contributed by atoms with Gasteiger partial charge in [-0.1, -0.05) is 0 Å². The Hall–Kier alpha value is -2.15. The Morgan fingerprint density at radius 1 is 1.29 bits per heavy atom. The summed E-state index contributed by atoms with van der Waals surface area (Å²) in [5, 5.41) is 6.01.